The van der Waals surface area contributed by atoms with Gasteiger partial charge in [0.25, 0.3) is 5.91 Å². The molecule has 8 heteroatoms. The molecule has 0 fully saturated rings. The summed E-state index contributed by atoms with van der Waals surface area (Å²) in [5.74, 6) is 0.984. The number of amides is 1. The molecule has 1 N–H and O–H groups in total. The van der Waals surface area contributed by atoms with Gasteiger partial charge in [-0.05, 0) is 36.4 Å². The number of hydrogen-bond donors (Lipinski definition) is 1. The van der Waals surface area contributed by atoms with Gasteiger partial charge >= 0.3 is 0 Å². The number of para-hydroxylation sites is 1. The minimum absolute atomic E-state index is 0.170. The summed E-state index contributed by atoms with van der Waals surface area (Å²) in [6.45, 7) is -0.170. The lowest BCUT2D eigenvalue weighted by atomic mass is 10.2. The van der Waals surface area contributed by atoms with Crippen LogP contribution in [0.5, 0.6) is 5.75 Å². The van der Waals surface area contributed by atoms with Gasteiger partial charge < -0.3 is 10.1 Å². The van der Waals surface area contributed by atoms with Crippen LogP contribution in [0.25, 0.3) is 5.69 Å². The lowest BCUT2D eigenvalue weighted by Crippen LogP contribution is -2.22. The molecule has 138 valence electrons. The van der Waals surface area contributed by atoms with Gasteiger partial charge in [-0.25, -0.2) is 9.07 Å². The number of rotatable bonds is 5. The smallest absolute Gasteiger partial charge is 0.263 e. The number of carbonyl (C=O) groups is 1. The Labute approximate surface area is 157 Å². The van der Waals surface area contributed by atoms with Gasteiger partial charge in [-0.15, -0.1) is 0 Å². The highest BCUT2D eigenvalue weighted by Crippen LogP contribution is 2.31. The van der Waals surface area contributed by atoms with Gasteiger partial charge in [0.15, 0.2) is 6.61 Å². The van der Waals surface area contributed by atoms with E-state index in [4.69, 9.17) is 4.74 Å². The van der Waals surface area contributed by atoms with Crippen LogP contribution in [0.15, 0.2) is 54.6 Å². The average Bonchev–Trinajstić information content (AvgIpc) is 3.19. The molecule has 0 spiro atoms. The third kappa shape index (κ3) is 3.75. The van der Waals surface area contributed by atoms with Crippen LogP contribution in [-0.4, -0.2) is 26.5 Å². The van der Waals surface area contributed by atoms with E-state index in [0.29, 0.717) is 34.5 Å². The van der Waals surface area contributed by atoms with Crippen molar-refractivity contribution in [1.29, 1.82) is 0 Å². The van der Waals surface area contributed by atoms with Gasteiger partial charge in [0.2, 0.25) is 0 Å². The summed E-state index contributed by atoms with van der Waals surface area (Å²) in [5.41, 5.74) is 2.03. The van der Waals surface area contributed by atoms with E-state index in [0.717, 1.165) is 5.56 Å². The van der Waals surface area contributed by atoms with Crippen LogP contribution in [0.1, 0.15) is 11.3 Å². The van der Waals surface area contributed by atoms with Crippen molar-refractivity contribution in [2.45, 2.75) is 11.5 Å². The van der Waals surface area contributed by atoms with Crippen LogP contribution >= 0.6 is 0 Å². The molecular weight excluding hydrogens is 369 g/mol. The molecule has 0 saturated heterocycles. The SMILES string of the molecule is O=C(COc1ccccc1)Nc1c2c(nn1-c1ccc(F)cc1)C[S@](=O)C2. The Morgan fingerprint density at radius 2 is 1.89 bits per heavy atom. The number of fused-ring (bicyclic) bond motifs is 1. The second-order valence-corrected chi connectivity index (χ2v) is 7.50. The lowest BCUT2D eigenvalue weighted by Gasteiger charge is -2.11. The van der Waals surface area contributed by atoms with Gasteiger partial charge in [-0.1, -0.05) is 18.2 Å². The number of hydrogen-bond acceptors (Lipinski definition) is 4. The predicted molar refractivity (Wildman–Crippen MR) is 99.6 cm³/mol. The normalized spacial score (nSPS) is 15.4. The third-order valence-electron chi connectivity index (χ3n) is 4.11. The van der Waals surface area contributed by atoms with E-state index in [1.165, 1.54) is 12.1 Å². The molecule has 0 radical (unpaired) electrons. The molecule has 27 heavy (non-hydrogen) atoms. The Balaban J connectivity index is 1.58. The zero-order chi connectivity index (χ0) is 18.8. The van der Waals surface area contributed by atoms with Crippen molar-refractivity contribution < 1.29 is 18.1 Å². The van der Waals surface area contributed by atoms with Crippen LogP contribution in [0.4, 0.5) is 10.2 Å². The van der Waals surface area contributed by atoms with Crippen LogP contribution < -0.4 is 10.1 Å². The van der Waals surface area contributed by atoms with Crippen LogP contribution in [0.2, 0.25) is 0 Å². The van der Waals surface area contributed by atoms with Gasteiger partial charge in [0.1, 0.15) is 17.4 Å². The summed E-state index contributed by atoms with van der Waals surface area (Å²) in [4.78, 5) is 12.4. The van der Waals surface area contributed by atoms with Crippen LogP contribution in [-0.2, 0) is 27.1 Å². The molecule has 1 amide bonds. The van der Waals surface area contributed by atoms with Crippen molar-refractivity contribution in [3.8, 4) is 11.4 Å². The number of halogens is 1. The molecule has 2 heterocycles. The molecule has 0 unspecified atom stereocenters. The van der Waals surface area contributed by atoms with E-state index < -0.39 is 10.8 Å². The van der Waals surface area contributed by atoms with Crippen molar-refractivity contribution in [3.63, 3.8) is 0 Å². The number of nitrogens with one attached hydrogen (secondary N) is 1. The van der Waals surface area contributed by atoms with Crippen molar-refractivity contribution in [1.82, 2.24) is 9.78 Å². The second-order valence-electron chi connectivity index (χ2n) is 6.04. The summed E-state index contributed by atoms with van der Waals surface area (Å²) in [6.07, 6.45) is 0. The molecule has 1 aliphatic heterocycles. The number of benzene rings is 2. The molecule has 4 rings (SSSR count). The number of carbonyl (C=O) groups excluding carboxylic acids is 1. The zero-order valence-electron chi connectivity index (χ0n) is 14.2. The molecule has 1 atom stereocenters. The third-order valence-corrected chi connectivity index (χ3v) is 5.32. The Morgan fingerprint density at radius 1 is 1.15 bits per heavy atom. The van der Waals surface area contributed by atoms with Gasteiger partial charge in [-0.3, -0.25) is 9.00 Å². The molecule has 0 aliphatic carbocycles. The summed E-state index contributed by atoms with van der Waals surface area (Å²) < 4.78 is 32.1. The van der Waals surface area contributed by atoms with Crippen LogP contribution in [0.3, 0.4) is 0 Å². The Hall–Kier alpha value is -3.00. The standard InChI is InChI=1S/C19H16FN3O3S/c20-13-6-8-14(9-7-13)23-19(16-11-27(25)12-17(16)22-23)21-18(24)10-26-15-4-2-1-3-5-15/h1-9H,10-12H2,(H,21,24)/t27-/m1/s1. The van der Waals surface area contributed by atoms with Crippen LogP contribution in [0, 0.1) is 5.82 Å². The maximum Gasteiger partial charge on any atom is 0.263 e. The fraction of sp³-hybridized carbons (Fsp3) is 0.158. The average molecular weight is 385 g/mol. The van der Waals surface area contributed by atoms with Crippen molar-refractivity contribution in [2.24, 2.45) is 0 Å². The number of ether oxygens (including phenoxy) is 1. The lowest BCUT2D eigenvalue weighted by molar-refractivity contribution is -0.118. The first-order valence-corrected chi connectivity index (χ1v) is 9.78. The first kappa shape index (κ1) is 17.4. The molecule has 1 aromatic heterocycles. The maximum atomic E-state index is 13.2. The molecular formula is C19H16FN3O3S. The molecule has 0 bridgehead atoms. The highest BCUT2D eigenvalue weighted by molar-refractivity contribution is 7.83. The predicted octanol–water partition coefficient (Wildman–Crippen LogP) is 2.79. The Kier molecular flexibility index (Phi) is 4.72. The largest absolute Gasteiger partial charge is 0.484 e. The van der Waals surface area contributed by atoms with E-state index in [1.54, 1.807) is 28.9 Å². The monoisotopic (exact) mass is 385 g/mol. The van der Waals surface area contributed by atoms with Crippen molar-refractivity contribution >= 4 is 22.5 Å². The topological polar surface area (TPSA) is 73.2 Å². The molecule has 6 nitrogen and oxygen atoms in total. The van der Waals surface area contributed by atoms with Gasteiger partial charge in [0, 0.05) is 16.4 Å². The molecule has 0 saturated carbocycles. The quantitative estimate of drug-likeness (QED) is 0.733. The van der Waals surface area contributed by atoms with Crippen molar-refractivity contribution in [2.75, 3.05) is 11.9 Å². The summed E-state index contributed by atoms with van der Waals surface area (Å²) in [7, 11) is -1.03. The number of anilines is 1. The highest BCUT2D eigenvalue weighted by atomic mass is 32.2. The number of aromatic nitrogens is 2. The van der Waals surface area contributed by atoms with E-state index in [-0.39, 0.29) is 18.3 Å². The van der Waals surface area contributed by atoms with E-state index in [1.807, 2.05) is 18.2 Å². The Bertz CT molecular complexity index is 1000. The first-order valence-electron chi connectivity index (χ1n) is 8.29. The summed E-state index contributed by atoms with van der Waals surface area (Å²) >= 11 is 0. The second kappa shape index (κ2) is 7.32. The van der Waals surface area contributed by atoms with Crippen molar-refractivity contribution in [3.05, 3.63) is 71.7 Å². The van der Waals surface area contributed by atoms with Gasteiger partial charge in [0.05, 0.1) is 22.9 Å². The molecule has 3 aromatic rings. The minimum atomic E-state index is -1.03. The summed E-state index contributed by atoms with van der Waals surface area (Å²) in [6, 6.07) is 14.8. The fourth-order valence-corrected chi connectivity index (χ4v) is 4.12. The van der Waals surface area contributed by atoms with E-state index in [2.05, 4.69) is 10.4 Å². The maximum absolute atomic E-state index is 13.2. The first-order chi connectivity index (χ1) is 13.1. The highest BCUT2D eigenvalue weighted by Gasteiger charge is 2.28. The molecule has 1 aliphatic rings. The summed E-state index contributed by atoms with van der Waals surface area (Å²) in [5, 5.41) is 7.26. The van der Waals surface area contributed by atoms with E-state index >= 15 is 0 Å². The molecule has 2 aromatic carbocycles. The van der Waals surface area contributed by atoms with E-state index in [9.17, 15) is 13.4 Å². The zero-order valence-corrected chi connectivity index (χ0v) is 15.0. The Morgan fingerprint density at radius 3 is 2.63 bits per heavy atom. The fourth-order valence-electron chi connectivity index (χ4n) is 2.86. The minimum Gasteiger partial charge on any atom is -0.484 e. The number of nitrogens with zero attached hydrogens (tertiary/aromatic N) is 2. The van der Waals surface area contributed by atoms with Gasteiger partial charge in [-0.2, -0.15) is 5.10 Å².